The number of nitrogens with one attached hydrogen (secondary N) is 3. The maximum Gasteiger partial charge on any atom is 0.318 e. The quantitative estimate of drug-likeness (QED) is 0.230. The van der Waals surface area contributed by atoms with E-state index in [4.69, 9.17) is 5.73 Å². The summed E-state index contributed by atoms with van der Waals surface area (Å²) in [7, 11) is 3.85. The number of primary amides is 1. The molecule has 1 aromatic heterocycles. The Hall–Kier alpha value is -4.90. The Balaban J connectivity index is 1.38. The number of anilines is 2. The molecule has 0 spiro atoms. The molecule has 230 valence electrons. The van der Waals surface area contributed by atoms with Crippen molar-refractivity contribution in [3.05, 3.63) is 95.4 Å². The van der Waals surface area contributed by atoms with Gasteiger partial charge in [-0.25, -0.2) is 9.18 Å². The van der Waals surface area contributed by atoms with E-state index in [-0.39, 0.29) is 17.4 Å². The minimum atomic E-state index is -0.977. The number of benzene rings is 3. The lowest BCUT2D eigenvalue weighted by Gasteiger charge is -2.37. The monoisotopic (exact) mass is 599 g/mol. The molecule has 2 atom stereocenters. The number of nitrogens with zero attached hydrogens (tertiary/aromatic N) is 3. The van der Waals surface area contributed by atoms with Gasteiger partial charge in [-0.05, 0) is 67.7 Å². The number of aromatic nitrogens is 1. The molecule has 1 fully saturated rings. The Morgan fingerprint density at radius 1 is 1.00 bits per heavy atom. The molecule has 5 N–H and O–H groups in total. The second-order valence-electron chi connectivity index (χ2n) is 11.4. The van der Waals surface area contributed by atoms with Crippen molar-refractivity contribution in [2.45, 2.75) is 25.4 Å². The lowest BCUT2D eigenvalue weighted by Crippen LogP contribution is -2.56. The fourth-order valence-electron chi connectivity index (χ4n) is 5.70. The lowest BCUT2D eigenvalue weighted by molar-refractivity contribution is -0.118. The molecule has 0 aliphatic carbocycles. The van der Waals surface area contributed by atoms with E-state index in [0.29, 0.717) is 38.4 Å². The average Bonchev–Trinajstić information content (AvgIpc) is 3.44. The SMILES string of the molecule is C[C@@H](c1c[nH]c2ccccc12)[C@@H](NC(=O)N1CCN(c2ccc(F)cc2)CC1)C(=O)Nc1cc(CN(C)C)ccc1C(N)=O. The van der Waals surface area contributed by atoms with Crippen LogP contribution in [0.4, 0.5) is 20.6 Å². The summed E-state index contributed by atoms with van der Waals surface area (Å²) in [6.45, 7) is 4.47. The van der Waals surface area contributed by atoms with Gasteiger partial charge in [0.1, 0.15) is 11.9 Å². The maximum absolute atomic E-state index is 14.0. The minimum absolute atomic E-state index is 0.183. The van der Waals surface area contributed by atoms with E-state index in [0.717, 1.165) is 27.7 Å². The predicted molar refractivity (Wildman–Crippen MR) is 170 cm³/mol. The molecule has 0 radical (unpaired) electrons. The summed E-state index contributed by atoms with van der Waals surface area (Å²) in [5, 5.41) is 6.83. The predicted octanol–water partition coefficient (Wildman–Crippen LogP) is 4.11. The van der Waals surface area contributed by atoms with Crippen molar-refractivity contribution in [2.24, 2.45) is 5.73 Å². The van der Waals surface area contributed by atoms with Gasteiger partial charge in [0.25, 0.3) is 5.91 Å². The molecule has 2 heterocycles. The average molecular weight is 600 g/mol. The summed E-state index contributed by atoms with van der Waals surface area (Å²) in [6, 6.07) is 17.9. The smallest absolute Gasteiger partial charge is 0.318 e. The number of hydrogen-bond acceptors (Lipinski definition) is 5. The number of piperazine rings is 1. The summed E-state index contributed by atoms with van der Waals surface area (Å²) >= 11 is 0. The van der Waals surface area contributed by atoms with E-state index >= 15 is 0 Å². The van der Waals surface area contributed by atoms with Gasteiger partial charge in [0.2, 0.25) is 5.91 Å². The zero-order valence-electron chi connectivity index (χ0n) is 25.1. The molecule has 4 amide bonds. The molecule has 3 aromatic carbocycles. The number of H-pyrrole nitrogens is 1. The Labute approximate surface area is 256 Å². The molecule has 5 rings (SSSR count). The van der Waals surface area contributed by atoms with Crippen LogP contribution < -0.4 is 21.3 Å². The molecular weight excluding hydrogens is 561 g/mol. The third-order valence-electron chi connectivity index (χ3n) is 8.04. The first-order chi connectivity index (χ1) is 21.1. The maximum atomic E-state index is 14.0. The molecule has 1 saturated heterocycles. The molecule has 11 heteroatoms. The van der Waals surface area contributed by atoms with Gasteiger partial charge >= 0.3 is 6.03 Å². The van der Waals surface area contributed by atoms with E-state index in [1.807, 2.05) is 56.4 Å². The summed E-state index contributed by atoms with van der Waals surface area (Å²) in [5.74, 6) is -1.86. The summed E-state index contributed by atoms with van der Waals surface area (Å²) < 4.78 is 13.4. The topological polar surface area (TPSA) is 127 Å². The van der Waals surface area contributed by atoms with Crippen LogP contribution in [0.15, 0.2) is 72.9 Å². The highest BCUT2D eigenvalue weighted by Crippen LogP contribution is 2.29. The van der Waals surface area contributed by atoms with Crippen molar-refractivity contribution in [3.63, 3.8) is 0 Å². The highest BCUT2D eigenvalue weighted by molar-refractivity contribution is 6.05. The van der Waals surface area contributed by atoms with Crippen LogP contribution in [0.1, 0.15) is 34.3 Å². The number of carbonyl (C=O) groups excluding carboxylic acids is 3. The van der Waals surface area contributed by atoms with Gasteiger partial charge in [-0.1, -0.05) is 31.2 Å². The third-order valence-corrected chi connectivity index (χ3v) is 8.04. The Bertz CT molecular complexity index is 1640. The highest BCUT2D eigenvalue weighted by atomic mass is 19.1. The number of urea groups is 1. The van der Waals surface area contributed by atoms with Crippen molar-refractivity contribution in [3.8, 4) is 0 Å². The van der Waals surface area contributed by atoms with Crippen LogP contribution in [0.5, 0.6) is 0 Å². The summed E-state index contributed by atoms with van der Waals surface area (Å²) in [6.07, 6.45) is 1.86. The molecular formula is C33H38FN7O3. The highest BCUT2D eigenvalue weighted by Gasteiger charge is 2.33. The standard InChI is InChI=1S/C33H38FN7O3/c1-21(27-19-36-28-7-5-4-6-25(27)28)30(32(43)37-29-18-22(20-39(2)3)8-13-26(29)31(35)42)38-33(44)41-16-14-40(15-17-41)24-11-9-23(34)10-12-24/h4-13,18-19,21,30,36H,14-17,20H2,1-3H3,(H2,35,42)(H,37,43)(H,38,44)/t21-,30+/m0/s1. The number of hydrogen-bond donors (Lipinski definition) is 4. The van der Waals surface area contributed by atoms with E-state index in [9.17, 15) is 18.8 Å². The normalized spacial score (nSPS) is 14.8. The van der Waals surface area contributed by atoms with Crippen LogP contribution in [-0.2, 0) is 11.3 Å². The Kier molecular flexibility index (Phi) is 9.15. The zero-order chi connectivity index (χ0) is 31.4. The number of nitrogens with two attached hydrogens (primary N) is 1. The lowest BCUT2D eigenvalue weighted by atomic mass is 9.92. The number of amides is 4. The number of fused-ring (bicyclic) bond motifs is 1. The van der Waals surface area contributed by atoms with Crippen molar-refractivity contribution >= 4 is 40.1 Å². The zero-order valence-corrected chi connectivity index (χ0v) is 25.1. The second-order valence-corrected chi connectivity index (χ2v) is 11.4. The van der Waals surface area contributed by atoms with Crippen LogP contribution in [-0.4, -0.2) is 78.9 Å². The summed E-state index contributed by atoms with van der Waals surface area (Å²) in [5.41, 5.74) is 9.70. The van der Waals surface area contributed by atoms with Gasteiger partial charge in [-0.15, -0.1) is 0 Å². The molecule has 1 aliphatic rings. The van der Waals surface area contributed by atoms with Crippen LogP contribution in [0.3, 0.4) is 0 Å². The molecule has 4 aromatic rings. The molecule has 0 unspecified atom stereocenters. The van der Waals surface area contributed by atoms with Crippen LogP contribution in [0.2, 0.25) is 0 Å². The van der Waals surface area contributed by atoms with Crippen LogP contribution >= 0.6 is 0 Å². The van der Waals surface area contributed by atoms with Gasteiger partial charge in [0.05, 0.1) is 11.3 Å². The fourth-order valence-corrected chi connectivity index (χ4v) is 5.70. The van der Waals surface area contributed by atoms with E-state index in [1.165, 1.54) is 12.1 Å². The van der Waals surface area contributed by atoms with Crippen LogP contribution in [0, 0.1) is 5.82 Å². The minimum Gasteiger partial charge on any atom is -0.368 e. The van der Waals surface area contributed by atoms with Gasteiger partial charge in [0, 0.05) is 61.4 Å². The van der Waals surface area contributed by atoms with Crippen molar-refractivity contribution < 1.29 is 18.8 Å². The largest absolute Gasteiger partial charge is 0.368 e. The fraction of sp³-hybridized carbons (Fsp3) is 0.303. The number of halogens is 1. The third kappa shape index (κ3) is 6.84. The van der Waals surface area contributed by atoms with Gasteiger partial charge in [0.15, 0.2) is 0 Å². The molecule has 0 saturated carbocycles. The Morgan fingerprint density at radius 2 is 1.70 bits per heavy atom. The van der Waals surface area contributed by atoms with Crippen molar-refractivity contribution in [1.29, 1.82) is 0 Å². The summed E-state index contributed by atoms with van der Waals surface area (Å²) in [4.78, 5) is 48.9. The number of carbonyl (C=O) groups is 3. The van der Waals surface area contributed by atoms with E-state index in [1.54, 1.807) is 35.2 Å². The molecule has 0 bridgehead atoms. The Morgan fingerprint density at radius 3 is 2.39 bits per heavy atom. The van der Waals surface area contributed by atoms with Crippen LogP contribution in [0.25, 0.3) is 10.9 Å². The van der Waals surface area contributed by atoms with Crippen molar-refractivity contribution in [2.75, 3.05) is 50.5 Å². The second kappa shape index (κ2) is 13.2. The van der Waals surface area contributed by atoms with E-state index < -0.39 is 23.8 Å². The van der Waals surface area contributed by atoms with E-state index in [2.05, 4.69) is 20.5 Å². The van der Waals surface area contributed by atoms with Crippen molar-refractivity contribution in [1.82, 2.24) is 20.1 Å². The van der Waals surface area contributed by atoms with Gasteiger partial charge in [-0.3, -0.25) is 9.59 Å². The first-order valence-electron chi connectivity index (χ1n) is 14.6. The molecule has 1 aliphatic heterocycles. The number of para-hydroxylation sites is 1. The molecule has 10 nitrogen and oxygen atoms in total. The van der Waals surface area contributed by atoms with Gasteiger partial charge < -0.3 is 36.1 Å². The molecule has 44 heavy (non-hydrogen) atoms. The first kappa shape index (κ1) is 30.6. The number of aromatic amines is 1. The number of rotatable bonds is 9. The van der Waals surface area contributed by atoms with Gasteiger partial charge in [-0.2, -0.15) is 0 Å². The first-order valence-corrected chi connectivity index (χ1v) is 14.6.